The van der Waals surface area contributed by atoms with E-state index < -0.39 is 0 Å². The zero-order valence-corrected chi connectivity index (χ0v) is 8.27. The van der Waals surface area contributed by atoms with Gasteiger partial charge in [0.2, 0.25) is 0 Å². The molecule has 0 fully saturated rings. The van der Waals surface area contributed by atoms with Crippen molar-refractivity contribution in [2.75, 3.05) is 0 Å². The van der Waals surface area contributed by atoms with Crippen LogP contribution in [-0.4, -0.2) is 6.29 Å². The van der Waals surface area contributed by atoms with E-state index >= 15 is 0 Å². The first-order valence-corrected chi connectivity index (χ1v) is 4.57. The Morgan fingerprint density at radius 3 is 2.80 bits per heavy atom. The Kier molecular flexibility index (Phi) is 2.54. The zero-order chi connectivity index (χ0) is 10.7. The molecule has 1 aromatic heterocycles. The minimum atomic E-state index is 0.262. The molecule has 0 N–H and O–H groups in total. The molecule has 2 rings (SSSR count). The lowest BCUT2D eigenvalue weighted by atomic mass is 10.2. The van der Waals surface area contributed by atoms with Gasteiger partial charge < -0.3 is 9.15 Å². The highest BCUT2D eigenvalue weighted by molar-refractivity contribution is 5.70. The van der Waals surface area contributed by atoms with Gasteiger partial charge >= 0.3 is 0 Å². The molecule has 0 spiro atoms. The lowest BCUT2D eigenvalue weighted by Crippen LogP contribution is -1.82. The Hall–Kier alpha value is -2.03. The van der Waals surface area contributed by atoms with Crippen LogP contribution in [0.25, 0.3) is 0 Å². The van der Waals surface area contributed by atoms with Crippen molar-refractivity contribution in [2.24, 2.45) is 0 Å². The highest BCUT2D eigenvalue weighted by Crippen LogP contribution is 2.23. The predicted molar refractivity (Wildman–Crippen MR) is 55.3 cm³/mol. The number of carbonyl (C=O) groups excluding carboxylic acids is 1. The average Bonchev–Trinajstić information content (AvgIpc) is 2.65. The van der Waals surface area contributed by atoms with Gasteiger partial charge in [-0.25, -0.2) is 0 Å². The molecule has 0 aliphatic carbocycles. The van der Waals surface area contributed by atoms with E-state index in [-0.39, 0.29) is 5.76 Å². The molecule has 76 valence electrons. The number of rotatable bonds is 3. The average molecular weight is 202 g/mol. The molecule has 3 heteroatoms. The Labute approximate surface area is 87.3 Å². The minimum Gasteiger partial charge on any atom is -0.426 e. The molecule has 1 heterocycles. The summed E-state index contributed by atoms with van der Waals surface area (Å²) in [6.45, 7) is 1.98. The molecule has 0 bridgehead atoms. The van der Waals surface area contributed by atoms with Crippen molar-refractivity contribution in [3.05, 3.63) is 47.7 Å². The summed E-state index contributed by atoms with van der Waals surface area (Å²) in [7, 11) is 0. The Bertz CT molecular complexity index is 471. The number of benzene rings is 1. The fraction of sp³-hybridized carbons (Fsp3) is 0.0833. The first kappa shape index (κ1) is 9.52. The number of hydrogen-bond donors (Lipinski definition) is 0. The van der Waals surface area contributed by atoms with Crippen LogP contribution in [0, 0.1) is 6.92 Å². The van der Waals surface area contributed by atoms with Gasteiger partial charge in [0, 0.05) is 6.07 Å². The van der Waals surface area contributed by atoms with E-state index in [9.17, 15) is 4.79 Å². The van der Waals surface area contributed by atoms with Crippen LogP contribution in [0.4, 0.5) is 0 Å². The van der Waals surface area contributed by atoms with Crippen molar-refractivity contribution in [1.82, 2.24) is 0 Å². The normalized spacial score (nSPS) is 9.93. The predicted octanol–water partition coefficient (Wildman–Crippen LogP) is 3.19. The van der Waals surface area contributed by atoms with Crippen LogP contribution in [0.2, 0.25) is 0 Å². The van der Waals surface area contributed by atoms with Crippen molar-refractivity contribution >= 4 is 6.29 Å². The third kappa shape index (κ3) is 2.26. The monoisotopic (exact) mass is 202 g/mol. The molecule has 2 aromatic rings. The van der Waals surface area contributed by atoms with E-state index in [2.05, 4.69) is 0 Å². The van der Waals surface area contributed by atoms with Crippen molar-refractivity contribution in [3.63, 3.8) is 0 Å². The van der Waals surface area contributed by atoms with Crippen LogP contribution >= 0.6 is 0 Å². The summed E-state index contributed by atoms with van der Waals surface area (Å²) in [4.78, 5) is 10.4. The number of ether oxygens (including phenoxy) is 1. The molecule has 3 nitrogen and oxygen atoms in total. The van der Waals surface area contributed by atoms with Crippen LogP contribution in [0.5, 0.6) is 11.7 Å². The fourth-order valence-corrected chi connectivity index (χ4v) is 1.25. The molecular weight excluding hydrogens is 192 g/mol. The summed E-state index contributed by atoms with van der Waals surface area (Å²) in [6.07, 6.45) is 0.642. The SMILES string of the molecule is Cc1cccc(Oc2ccc(C=O)o2)c1. The summed E-state index contributed by atoms with van der Waals surface area (Å²) in [6, 6.07) is 10.8. The number of carbonyl (C=O) groups is 1. The van der Waals surface area contributed by atoms with Gasteiger partial charge in [-0.1, -0.05) is 12.1 Å². The lowest BCUT2D eigenvalue weighted by Gasteiger charge is -2.01. The highest BCUT2D eigenvalue weighted by atomic mass is 16.6. The first-order chi connectivity index (χ1) is 7.28. The molecule has 0 aliphatic rings. The van der Waals surface area contributed by atoms with Gasteiger partial charge in [0.05, 0.1) is 0 Å². The largest absolute Gasteiger partial charge is 0.426 e. The van der Waals surface area contributed by atoms with E-state index in [1.54, 1.807) is 12.1 Å². The van der Waals surface area contributed by atoms with Crippen molar-refractivity contribution in [3.8, 4) is 11.7 Å². The van der Waals surface area contributed by atoms with Gasteiger partial charge in [0.1, 0.15) is 5.75 Å². The number of furan rings is 1. The number of aldehydes is 1. The minimum absolute atomic E-state index is 0.262. The third-order valence-corrected chi connectivity index (χ3v) is 1.93. The summed E-state index contributed by atoms with van der Waals surface area (Å²) < 4.78 is 10.5. The topological polar surface area (TPSA) is 39.4 Å². The Balaban J connectivity index is 2.18. The molecule has 1 aromatic carbocycles. The van der Waals surface area contributed by atoms with E-state index in [1.807, 2.05) is 31.2 Å². The fourth-order valence-electron chi connectivity index (χ4n) is 1.25. The van der Waals surface area contributed by atoms with Gasteiger partial charge in [-0.3, -0.25) is 4.79 Å². The lowest BCUT2D eigenvalue weighted by molar-refractivity contribution is 0.109. The standard InChI is InChI=1S/C12H10O3/c1-9-3-2-4-10(7-9)14-12-6-5-11(8-13)15-12/h2-8H,1H3. The van der Waals surface area contributed by atoms with Gasteiger partial charge in [0.25, 0.3) is 5.95 Å². The molecule has 0 saturated heterocycles. The van der Waals surface area contributed by atoms with Crippen LogP contribution in [0.15, 0.2) is 40.8 Å². The van der Waals surface area contributed by atoms with Gasteiger partial charge in [-0.05, 0) is 30.7 Å². The summed E-state index contributed by atoms with van der Waals surface area (Å²) in [5.41, 5.74) is 1.11. The van der Waals surface area contributed by atoms with E-state index in [0.29, 0.717) is 18.0 Å². The second-order valence-electron chi connectivity index (χ2n) is 3.19. The molecule has 0 aliphatic heterocycles. The second kappa shape index (κ2) is 4.00. The van der Waals surface area contributed by atoms with Gasteiger partial charge in [-0.15, -0.1) is 0 Å². The van der Waals surface area contributed by atoms with Crippen LogP contribution in [0.1, 0.15) is 16.1 Å². The summed E-state index contributed by atoms with van der Waals surface area (Å²) in [5, 5.41) is 0. The molecular formula is C12H10O3. The van der Waals surface area contributed by atoms with E-state index in [4.69, 9.17) is 9.15 Å². The van der Waals surface area contributed by atoms with Crippen molar-refractivity contribution in [2.45, 2.75) is 6.92 Å². The maximum atomic E-state index is 10.4. The number of aryl methyl sites for hydroxylation is 1. The Morgan fingerprint density at radius 1 is 1.27 bits per heavy atom. The van der Waals surface area contributed by atoms with Gasteiger partial charge in [0.15, 0.2) is 12.0 Å². The molecule has 0 unspecified atom stereocenters. The van der Waals surface area contributed by atoms with E-state index in [1.165, 1.54) is 0 Å². The Morgan fingerprint density at radius 2 is 2.13 bits per heavy atom. The molecule has 15 heavy (non-hydrogen) atoms. The van der Waals surface area contributed by atoms with Crippen LogP contribution < -0.4 is 4.74 Å². The highest BCUT2D eigenvalue weighted by Gasteiger charge is 2.02. The second-order valence-corrected chi connectivity index (χ2v) is 3.19. The quantitative estimate of drug-likeness (QED) is 0.717. The molecule has 0 radical (unpaired) electrons. The summed E-state index contributed by atoms with van der Waals surface area (Å²) in [5.74, 6) is 1.28. The van der Waals surface area contributed by atoms with Crippen molar-refractivity contribution < 1.29 is 13.9 Å². The first-order valence-electron chi connectivity index (χ1n) is 4.57. The zero-order valence-electron chi connectivity index (χ0n) is 8.27. The third-order valence-electron chi connectivity index (χ3n) is 1.93. The van der Waals surface area contributed by atoms with Crippen LogP contribution in [-0.2, 0) is 0 Å². The molecule has 0 saturated carbocycles. The molecule has 0 atom stereocenters. The van der Waals surface area contributed by atoms with E-state index in [0.717, 1.165) is 5.56 Å². The number of hydrogen-bond acceptors (Lipinski definition) is 3. The van der Waals surface area contributed by atoms with Crippen molar-refractivity contribution in [1.29, 1.82) is 0 Å². The summed E-state index contributed by atoms with van der Waals surface area (Å²) >= 11 is 0. The van der Waals surface area contributed by atoms with Gasteiger partial charge in [-0.2, -0.15) is 0 Å². The van der Waals surface area contributed by atoms with Crippen LogP contribution in [0.3, 0.4) is 0 Å². The maximum Gasteiger partial charge on any atom is 0.290 e. The maximum absolute atomic E-state index is 10.4. The molecule has 0 amide bonds. The smallest absolute Gasteiger partial charge is 0.290 e.